The van der Waals surface area contributed by atoms with Crippen LogP contribution in [0.1, 0.15) is 34.5 Å². The van der Waals surface area contributed by atoms with Gasteiger partial charge in [0, 0.05) is 17.8 Å². The van der Waals surface area contributed by atoms with Gasteiger partial charge in [0.2, 0.25) is 0 Å². The lowest BCUT2D eigenvalue weighted by molar-refractivity contribution is 0.0916. The van der Waals surface area contributed by atoms with Crippen molar-refractivity contribution in [1.29, 1.82) is 0 Å². The Bertz CT molecular complexity index is 591. The second-order valence-electron chi connectivity index (χ2n) is 4.94. The third-order valence-corrected chi connectivity index (χ3v) is 3.40. The largest absolute Gasteiger partial charge is 0.399 e. The molecule has 4 nitrogen and oxygen atoms in total. The molecular weight excluding hydrogens is 264 g/mol. The first-order chi connectivity index (χ1) is 10.1. The molecule has 2 aromatic carbocycles. The Balaban J connectivity index is 1.92. The summed E-state index contributed by atoms with van der Waals surface area (Å²) < 4.78 is 0. The highest BCUT2D eigenvalue weighted by atomic mass is 16.3. The number of carbonyl (C=O) groups is 1. The van der Waals surface area contributed by atoms with E-state index in [4.69, 9.17) is 5.73 Å². The maximum Gasteiger partial charge on any atom is 0.251 e. The second-order valence-corrected chi connectivity index (χ2v) is 4.94. The van der Waals surface area contributed by atoms with Crippen LogP contribution < -0.4 is 11.1 Å². The van der Waals surface area contributed by atoms with Gasteiger partial charge in [0.05, 0.1) is 6.10 Å². The van der Waals surface area contributed by atoms with Gasteiger partial charge in [0.15, 0.2) is 0 Å². The van der Waals surface area contributed by atoms with Crippen molar-refractivity contribution in [3.63, 3.8) is 0 Å². The fourth-order valence-corrected chi connectivity index (χ4v) is 2.02. The number of aryl methyl sites for hydroxylation is 1. The van der Waals surface area contributed by atoms with Crippen molar-refractivity contribution >= 4 is 11.6 Å². The molecule has 4 N–H and O–H groups in total. The fraction of sp³-hybridized carbons (Fsp3) is 0.235. The number of hydrogen-bond acceptors (Lipinski definition) is 3. The normalized spacial score (nSPS) is 11.9. The van der Waals surface area contributed by atoms with Crippen LogP contribution in [0.25, 0.3) is 0 Å². The van der Waals surface area contributed by atoms with Gasteiger partial charge < -0.3 is 16.2 Å². The second kappa shape index (κ2) is 6.90. The van der Waals surface area contributed by atoms with E-state index in [0.29, 0.717) is 11.3 Å². The number of carbonyl (C=O) groups excluding carboxylic acids is 1. The van der Waals surface area contributed by atoms with Gasteiger partial charge in [-0.05, 0) is 41.8 Å². The Morgan fingerprint density at radius 3 is 2.33 bits per heavy atom. The van der Waals surface area contributed by atoms with Crippen LogP contribution in [0.4, 0.5) is 5.69 Å². The standard InChI is InChI=1S/C17H20N2O2/c1-2-12-3-5-14(6-4-12)17(21)19-11-16(20)13-7-9-15(18)10-8-13/h3-10,16,20H,2,11,18H2,1H3,(H,19,21). The summed E-state index contributed by atoms with van der Waals surface area (Å²) >= 11 is 0. The molecule has 0 aromatic heterocycles. The third-order valence-electron chi connectivity index (χ3n) is 3.40. The Kier molecular flexibility index (Phi) is 4.95. The highest BCUT2D eigenvalue weighted by molar-refractivity contribution is 5.94. The van der Waals surface area contributed by atoms with Crippen molar-refractivity contribution in [2.75, 3.05) is 12.3 Å². The number of nitrogen functional groups attached to an aromatic ring is 1. The molecule has 1 amide bonds. The van der Waals surface area contributed by atoms with Crippen LogP contribution in [0.15, 0.2) is 48.5 Å². The molecule has 0 aliphatic heterocycles. The van der Waals surface area contributed by atoms with E-state index in [1.165, 1.54) is 5.56 Å². The average Bonchev–Trinajstić information content (AvgIpc) is 2.53. The van der Waals surface area contributed by atoms with Gasteiger partial charge in [0.1, 0.15) is 0 Å². The predicted molar refractivity (Wildman–Crippen MR) is 84.0 cm³/mol. The van der Waals surface area contributed by atoms with Crippen molar-refractivity contribution in [2.45, 2.75) is 19.4 Å². The number of nitrogens with two attached hydrogens (primary N) is 1. The van der Waals surface area contributed by atoms with Crippen molar-refractivity contribution in [1.82, 2.24) is 5.32 Å². The molecule has 0 saturated heterocycles. The number of hydrogen-bond donors (Lipinski definition) is 3. The smallest absolute Gasteiger partial charge is 0.251 e. The van der Waals surface area contributed by atoms with E-state index in [9.17, 15) is 9.90 Å². The van der Waals surface area contributed by atoms with Crippen molar-refractivity contribution in [2.24, 2.45) is 0 Å². The van der Waals surface area contributed by atoms with Gasteiger partial charge >= 0.3 is 0 Å². The van der Waals surface area contributed by atoms with Gasteiger partial charge in [-0.15, -0.1) is 0 Å². The molecule has 2 rings (SSSR count). The minimum Gasteiger partial charge on any atom is -0.399 e. The Hall–Kier alpha value is -2.33. The maximum absolute atomic E-state index is 12.0. The summed E-state index contributed by atoms with van der Waals surface area (Å²) in [6.07, 6.45) is 0.196. The van der Waals surface area contributed by atoms with E-state index < -0.39 is 6.10 Å². The lowest BCUT2D eigenvalue weighted by Gasteiger charge is -2.12. The zero-order valence-electron chi connectivity index (χ0n) is 12.0. The summed E-state index contributed by atoms with van der Waals surface area (Å²) in [7, 11) is 0. The molecule has 0 aliphatic rings. The first-order valence-electron chi connectivity index (χ1n) is 7.00. The monoisotopic (exact) mass is 284 g/mol. The predicted octanol–water partition coefficient (Wildman–Crippen LogP) is 2.29. The lowest BCUT2D eigenvalue weighted by atomic mass is 10.1. The van der Waals surface area contributed by atoms with E-state index in [1.54, 1.807) is 36.4 Å². The zero-order valence-corrected chi connectivity index (χ0v) is 12.0. The molecule has 0 bridgehead atoms. The number of aliphatic hydroxyl groups excluding tert-OH is 1. The maximum atomic E-state index is 12.0. The van der Waals surface area contributed by atoms with Crippen LogP contribution in [0, 0.1) is 0 Å². The SMILES string of the molecule is CCc1ccc(C(=O)NCC(O)c2ccc(N)cc2)cc1. The molecule has 1 atom stereocenters. The van der Waals surface area contributed by atoms with Gasteiger partial charge in [-0.2, -0.15) is 0 Å². The van der Waals surface area contributed by atoms with Crippen LogP contribution in [0.3, 0.4) is 0 Å². The minimum atomic E-state index is -0.746. The molecular formula is C17H20N2O2. The lowest BCUT2D eigenvalue weighted by Crippen LogP contribution is -2.28. The molecule has 0 radical (unpaired) electrons. The van der Waals surface area contributed by atoms with Crippen LogP contribution in [0.2, 0.25) is 0 Å². The van der Waals surface area contributed by atoms with E-state index >= 15 is 0 Å². The first-order valence-corrected chi connectivity index (χ1v) is 7.00. The molecule has 2 aromatic rings. The van der Waals surface area contributed by atoms with E-state index in [1.807, 2.05) is 12.1 Å². The highest BCUT2D eigenvalue weighted by Crippen LogP contribution is 2.14. The number of anilines is 1. The molecule has 1 unspecified atom stereocenters. The van der Waals surface area contributed by atoms with Crippen molar-refractivity contribution in [3.8, 4) is 0 Å². The van der Waals surface area contributed by atoms with Crippen LogP contribution >= 0.6 is 0 Å². The first kappa shape index (κ1) is 15.1. The number of benzene rings is 2. The van der Waals surface area contributed by atoms with Gasteiger partial charge in [0.25, 0.3) is 5.91 Å². The summed E-state index contributed by atoms with van der Waals surface area (Å²) in [4.78, 5) is 12.0. The topological polar surface area (TPSA) is 75.3 Å². The van der Waals surface area contributed by atoms with Gasteiger partial charge in [-0.25, -0.2) is 0 Å². The summed E-state index contributed by atoms with van der Waals surface area (Å²) in [6.45, 7) is 2.23. The van der Waals surface area contributed by atoms with E-state index in [-0.39, 0.29) is 12.5 Å². The molecule has 21 heavy (non-hydrogen) atoms. The van der Waals surface area contributed by atoms with Crippen LogP contribution in [0.5, 0.6) is 0 Å². The molecule has 0 aliphatic carbocycles. The molecule has 0 spiro atoms. The highest BCUT2D eigenvalue weighted by Gasteiger charge is 2.10. The van der Waals surface area contributed by atoms with E-state index in [2.05, 4.69) is 12.2 Å². The minimum absolute atomic E-state index is 0.165. The zero-order chi connectivity index (χ0) is 15.2. The van der Waals surface area contributed by atoms with E-state index in [0.717, 1.165) is 12.0 Å². The summed E-state index contributed by atoms with van der Waals surface area (Å²) in [6, 6.07) is 14.4. The van der Waals surface area contributed by atoms with Crippen LogP contribution in [-0.4, -0.2) is 17.6 Å². The summed E-state index contributed by atoms with van der Waals surface area (Å²) in [5.74, 6) is -0.188. The summed E-state index contributed by atoms with van der Waals surface area (Å²) in [5.41, 5.74) is 8.75. The average molecular weight is 284 g/mol. The molecule has 0 saturated carbocycles. The number of nitrogens with one attached hydrogen (secondary N) is 1. The molecule has 4 heteroatoms. The van der Waals surface area contributed by atoms with Crippen molar-refractivity contribution < 1.29 is 9.90 Å². The molecule has 110 valence electrons. The third kappa shape index (κ3) is 4.07. The van der Waals surface area contributed by atoms with Crippen LogP contribution in [-0.2, 0) is 6.42 Å². The Morgan fingerprint density at radius 1 is 1.14 bits per heavy atom. The van der Waals surface area contributed by atoms with Gasteiger partial charge in [-0.3, -0.25) is 4.79 Å². The Labute approximate surface area is 124 Å². The number of aliphatic hydroxyl groups is 1. The van der Waals surface area contributed by atoms with Crippen molar-refractivity contribution in [3.05, 3.63) is 65.2 Å². The fourth-order valence-electron chi connectivity index (χ4n) is 2.02. The molecule has 0 fully saturated rings. The number of rotatable bonds is 5. The Morgan fingerprint density at radius 2 is 1.76 bits per heavy atom. The molecule has 0 heterocycles. The quantitative estimate of drug-likeness (QED) is 0.737. The summed E-state index contributed by atoms with van der Waals surface area (Å²) in [5, 5.41) is 12.8. The number of amides is 1. The van der Waals surface area contributed by atoms with Gasteiger partial charge in [-0.1, -0.05) is 31.2 Å².